The highest BCUT2D eigenvalue weighted by Gasteiger charge is 2.30. The van der Waals surface area contributed by atoms with Crippen molar-refractivity contribution in [2.24, 2.45) is 0 Å². The molecule has 0 aromatic heterocycles. The Morgan fingerprint density at radius 1 is 0.939 bits per heavy atom. The van der Waals surface area contributed by atoms with Crippen LogP contribution >= 0.6 is 0 Å². The summed E-state index contributed by atoms with van der Waals surface area (Å²) >= 11 is 0. The van der Waals surface area contributed by atoms with E-state index in [1.54, 1.807) is 24.0 Å². The molecule has 33 heavy (non-hydrogen) atoms. The van der Waals surface area contributed by atoms with Crippen LogP contribution in [-0.4, -0.2) is 29.9 Å². The zero-order chi connectivity index (χ0) is 23.2. The molecular formula is C27H28N2O4. The van der Waals surface area contributed by atoms with Crippen molar-refractivity contribution in [3.8, 4) is 17.2 Å². The Bertz CT molecular complexity index is 1110. The van der Waals surface area contributed by atoms with Gasteiger partial charge in [-0.3, -0.25) is 9.59 Å². The Labute approximate surface area is 194 Å². The average molecular weight is 445 g/mol. The van der Waals surface area contributed by atoms with Crippen LogP contribution in [0.5, 0.6) is 17.2 Å². The number of anilines is 1. The lowest BCUT2D eigenvalue weighted by molar-refractivity contribution is -0.132. The van der Waals surface area contributed by atoms with Crippen molar-refractivity contribution in [3.63, 3.8) is 0 Å². The first-order valence-electron chi connectivity index (χ1n) is 11.2. The molecule has 1 N–H and O–H groups in total. The van der Waals surface area contributed by atoms with Gasteiger partial charge in [0.1, 0.15) is 17.2 Å². The maximum absolute atomic E-state index is 12.8. The number of rotatable bonds is 7. The fraction of sp³-hybridized carbons (Fsp3) is 0.259. The number of nitrogens with one attached hydrogen (secondary N) is 1. The first kappa shape index (κ1) is 22.4. The van der Waals surface area contributed by atoms with E-state index in [0.29, 0.717) is 30.3 Å². The van der Waals surface area contributed by atoms with E-state index in [1.165, 1.54) is 5.56 Å². The number of ether oxygens (including phenoxy) is 2. The predicted molar refractivity (Wildman–Crippen MR) is 128 cm³/mol. The van der Waals surface area contributed by atoms with Gasteiger partial charge in [0.2, 0.25) is 11.8 Å². The van der Waals surface area contributed by atoms with E-state index in [2.05, 4.69) is 11.4 Å². The molecule has 170 valence electrons. The van der Waals surface area contributed by atoms with Crippen molar-refractivity contribution in [1.29, 1.82) is 0 Å². The number of carbonyl (C=O) groups excluding carboxylic acids is 2. The SMILES string of the molecule is CCOc1ccc(Oc2ccc(NC(=O)CC3c4ccccc4CCN3C(C)=O)cc2)cc1. The summed E-state index contributed by atoms with van der Waals surface area (Å²) < 4.78 is 11.3. The summed E-state index contributed by atoms with van der Waals surface area (Å²) in [5.41, 5.74) is 2.93. The van der Waals surface area contributed by atoms with E-state index in [-0.39, 0.29) is 24.3 Å². The summed E-state index contributed by atoms with van der Waals surface area (Å²) in [6.07, 6.45) is 1.02. The summed E-state index contributed by atoms with van der Waals surface area (Å²) in [4.78, 5) is 26.8. The van der Waals surface area contributed by atoms with Crippen molar-refractivity contribution in [1.82, 2.24) is 4.90 Å². The molecule has 2 amide bonds. The van der Waals surface area contributed by atoms with Gasteiger partial charge >= 0.3 is 0 Å². The maximum Gasteiger partial charge on any atom is 0.226 e. The van der Waals surface area contributed by atoms with Gasteiger partial charge in [-0.1, -0.05) is 24.3 Å². The third-order valence-electron chi connectivity index (χ3n) is 5.70. The summed E-state index contributed by atoms with van der Waals surface area (Å²) in [7, 11) is 0. The molecule has 1 aliphatic heterocycles. The number of fused-ring (bicyclic) bond motifs is 1. The van der Waals surface area contributed by atoms with Crippen LogP contribution in [0.15, 0.2) is 72.8 Å². The van der Waals surface area contributed by atoms with Gasteiger partial charge in [0.25, 0.3) is 0 Å². The number of amides is 2. The molecular weight excluding hydrogens is 416 g/mol. The second-order valence-corrected chi connectivity index (χ2v) is 7.96. The van der Waals surface area contributed by atoms with E-state index < -0.39 is 0 Å². The molecule has 1 aliphatic rings. The Morgan fingerprint density at radius 2 is 1.58 bits per heavy atom. The van der Waals surface area contributed by atoms with Gasteiger partial charge in [0.15, 0.2) is 0 Å². The average Bonchev–Trinajstić information content (AvgIpc) is 2.82. The van der Waals surface area contributed by atoms with E-state index >= 15 is 0 Å². The van der Waals surface area contributed by atoms with Crippen LogP contribution in [0, 0.1) is 0 Å². The lowest BCUT2D eigenvalue weighted by atomic mass is 9.90. The highest BCUT2D eigenvalue weighted by Crippen LogP contribution is 2.33. The summed E-state index contributed by atoms with van der Waals surface area (Å²) in [5.74, 6) is 2.02. The van der Waals surface area contributed by atoms with Crippen molar-refractivity contribution in [3.05, 3.63) is 83.9 Å². The summed E-state index contributed by atoms with van der Waals surface area (Å²) in [6.45, 7) is 4.75. The molecule has 0 saturated heterocycles. The van der Waals surface area contributed by atoms with Crippen LogP contribution in [0.1, 0.15) is 37.4 Å². The lowest BCUT2D eigenvalue weighted by Crippen LogP contribution is -2.40. The van der Waals surface area contributed by atoms with Gasteiger partial charge in [-0.15, -0.1) is 0 Å². The van der Waals surface area contributed by atoms with Crippen molar-refractivity contribution >= 4 is 17.5 Å². The van der Waals surface area contributed by atoms with Gasteiger partial charge in [-0.25, -0.2) is 0 Å². The molecule has 0 aliphatic carbocycles. The van der Waals surface area contributed by atoms with Crippen LogP contribution < -0.4 is 14.8 Å². The Hall–Kier alpha value is -3.80. The second-order valence-electron chi connectivity index (χ2n) is 7.96. The largest absolute Gasteiger partial charge is 0.494 e. The number of benzene rings is 3. The molecule has 3 aromatic rings. The summed E-state index contributed by atoms with van der Waals surface area (Å²) in [5, 5.41) is 2.94. The zero-order valence-corrected chi connectivity index (χ0v) is 18.9. The minimum absolute atomic E-state index is 0.0157. The zero-order valence-electron chi connectivity index (χ0n) is 18.9. The van der Waals surface area contributed by atoms with E-state index in [4.69, 9.17) is 9.47 Å². The van der Waals surface area contributed by atoms with E-state index in [0.717, 1.165) is 17.7 Å². The standard InChI is InChI=1S/C27H28N2O4/c1-3-32-22-12-14-24(15-13-22)33-23-10-8-21(9-11-23)28-27(31)18-26-25-7-5-4-6-20(25)16-17-29(26)19(2)30/h4-15,26H,3,16-18H2,1-2H3,(H,28,31). The molecule has 1 heterocycles. The normalized spacial score (nSPS) is 14.8. The molecule has 0 spiro atoms. The van der Waals surface area contributed by atoms with Gasteiger partial charge in [-0.05, 0) is 73.0 Å². The molecule has 1 unspecified atom stereocenters. The lowest BCUT2D eigenvalue weighted by Gasteiger charge is -2.36. The smallest absolute Gasteiger partial charge is 0.226 e. The first-order chi connectivity index (χ1) is 16.0. The molecule has 0 saturated carbocycles. The number of carbonyl (C=O) groups is 2. The minimum atomic E-state index is -0.255. The summed E-state index contributed by atoms with van der Waals surface area (Å²) in [6, 6.07) is 22.4. The highest BCUT2D eigenvalue weighted by molar-refractivity contribution is 5.91. The molecule has 0 bridgehead atoms. The maximum atomic E-state index is 12.8. The molecule has 0 radical (unpaired) electrons. The second kappa shape index (κ2) is 10.2. The van der Waals surface area contributed by atoms with Crippen molar-refractivity contribution in [2.75, 3.05) is 18.5 Å². The Balaban J connectivity index is 1.39. The minimum Gasteiger partial charge on any atom is -0.494 e. The van der Waals surface area contributed by atoms with Crippen LogP contribution in [0.25, 0.3) is 0 Å². The monoisotopic (exact) mass is 444 g/mol. The quantitative estimate of drug-likeness (QED) is 0.533. The number of hydrogen-bond acceptors (Lipinski definition) is 4. The van der Waals surface area contributed by atoms with Gasteiger partial charge in [-0.2, -0.15) is 0 Å². The Morgan fingerprint density at radius 3 is 2.24 bits per heavy atom. The fourth-order valence-corrected chi connectivity index (χ4v) is 4.15. The van der Waals surface area contributed by atoms with Crippen LogP contribution in [0.4, 0.5) is 5.69 Å². The molecule has 3 aromatic carbocycles. The topological polar surface area (TPSA) is 67.9 Å². The van der Waals surface area contributed by atoms with E-state index in [9.17, 15) is 9.59 Å². The van der Waals surface area contributed by atoms with Crippen LogP contribution in [-0.2, 0) is 16.0 Å². The van der Waals surface area contributed by atoms with Gasteiger partial charge in [0, 0.05) is 19.2 Å². The van der Waals surface area contributed by atoms with Crippen LogP contribution in [0.2, 0.25) is 0 Å². The van der Waals surface area contributed by atoms with Crippen LogP contribution in [0.3, 0.4) is 0 Å². The molecule has 4 rings (SSSR count). The van der Waals surface area contributed by atoms with Crippen molar-refractivity contribution in [2.45, 2.75) is 32.7 Å². The fourth-order valence-electron chi connectivity index (χ4n) is 4.15. The molecule has 1 atom stereocenters. The third-order valence-corrected chi connectivity index (χ3v) is 5.70. The third kappa shape index (κ3) is 5.52. The molecule has 6 nitrogen and oxygen atoms in total. The number of hydrogen-bond donors (Lipinski definition) is 1. The van der Waals surface area contributed by atoms with E-state index in [1.807, 2.05) is 61.5 Å². The molecule has 6 heteroatoms. The highest BCUT2D eigenvalue weighted by atomic mass is 16.5. The first-order valence-corrected chi connectivity index (χ1v) is 11.2. The number of nitrogens with zero attached hydrogens (tertiary/aromatic N) is 1. The predicted octanol–water partition coefficient (Wildman–Crippen LogP) is 5.35. The van der Waals surface area contributed by atoms with Gasteiger partial charge in [0.05, 0.1) is 19.1 Å². The van der Waals surface area contributed by atoms with Gasteiger partial charge < -0.3 is 19.7 Å². The van der Waals surface area contributed by atoms with Crippen molar-refractivity contribution < 1.29 is 19.1 Å². The Kier molecular flexibility index (Phi) is 6.93. The molecule has 0 fully saturated rings.